The van der Waals surface area contributed by atoms with Crippen molar-refractivity contribution >= 4 is 0 Å². The number of hydrogen-bond acceptors (Lipinski definition) is 5. The molecule has 1 aliphatic carbocycles. The summed E-state index contributed by atoms with van der Waals surface area (Å²) in [5, 5.41) is 4.06. The van der Waals surface area contributed by atoms with Gasteiger partial charge in [-0.3, -0.25) is 0 Å². The third kappa shape index (κ3) is 2.29. The molecule has 1 aliphatic rings. The van der Waals surface area contributed by atoms with Gasteiger partial charge in [0.1, 0.15) is 5.60 Å². The lowest BCUT2D eigenvalue weighted by molar-refractivity contribution is 0.00973. The van der Waals surface area contributed by atoms with E-state index in [1.807, 2.05) is 13.8 Å². The van der Waals surface area contributed by atoms with Crippen LogP contribution in [-0.2, 0) is 15.8 Å². The zero-order valence-corrected chi connectivity index (χ0v) is 11.5. The standard InChI is InChI=1S/C13H23N3O2/c1-12(2,17-3)10-15-11(18-16-10)13(9-14)7-5-4-6-8-13/h4-9,14H2,1-3H3. The normalized spacial score (nSPS) is 20.0. The summed E-state index contributed by atoms with van der Waals surface area (Å²) in [6.07, 6.45) is 5.72. The van der Waals surface area contributed by atoms with E-state index in [0.717, 1.165) is 12.8 Å². The Bertz CT molecular complexity index is 395. The van der Waals surface area contributed by atoms with Gasteiger partial charge in [0.25, 0.3) is 0 Å². The van der Waals surface area contributed by atoms with Crippen LogP contribution in [0.25, 0.3) is 0 Å². The van der Waals surface area contributed by atoms with Crippen molar-refractivity contribution in [3.63, 3.8) is 0 Å². The molecule has 0 spiro atoms. The molecule has 1 saturated carbocycles. The van der Waals surface area contributed by atoms with Gasteiger partial charge >= 0.3 is 0 Å². The summed E-state index contributed by atoms with van der Waals surface area (Å²) in [7, 11) is 1.65. The van der Waals surface area contributed by atoms with Gasteiger partial charge < -0.3 is 15.0 Å². The summed E-state index contributed by atoms with van der Waals surface area (Å²) < 4.78 is 10.8. The highest BCUT2D eigenvalue weighted by Gasteiger charge is 2.39. The predicted molar refractivity (Wildman–Crippen MR) is 68.2 cm³/mol. The predicted octanol–water partition coefficient (Wildman–Crippen LogP) is 2.11. The van der Waals surface area contributed by atoms with Gasteiger partial charge in [-0.15, -0.1) is 0 Å². The van der Waals surface area contributed by atoms with Gasteiger partial charge in [0.05, 0.1) is 5.41 Å². The van der Waals surface area contributed by atoms with Crippen LogP contribution < -0.4 is 5.73 Å². The van der Waals surface area contributed by atoms with Crippen LogP contribution in [0.3, 0.4) is 0 Å². The van der Waals surface area contributed by atoms with Crippen LogP contribution in [0.5, 0.6) is 0 Å². The molecule has 1 heterocycles. The quantitative estimate of drug-likeness (QED) is 0.889. The van der Waals surface area contributed by atoms with Crippen molar-refractivity contribution in [1.29, 1.82) is 0 Å². The zero-order valence-electron chi connectivity index (χ0n) is 11.5. The van der Waals surface area contributed by atoms with E-state index in [2.05, 4.69) is 10.1 Å². The van der Waals surface area contributed by atoms with Crippen molar-refractivity contribution in [1.82, 2.24) is 10.1 Å². The first-order chi connectivity index (χ1) is 8.54. The maximum absolute atomic E-state index is 5.96. The number of nitrogens with two attached hydrogens (primary N) is 1. The average Bonchev–Trinajstić information content (AvgIpc) is 2.90. The topological polar surface area (TPSA) is 74.2 Å². The SMILES string of the molecule is COC(C)(C)c1noc(C2(CN)CCCCC2)n1. The highest BCUT2D eigenvalue weighted by atomic mass is 16.5. The van der Waals surface area contributed by atoms with Crippen LogP contribution in [0.4, 0.5) is 0 Å². The molecular weight excluding hydrogens is 230 g/mol. The summed E-state index contributed by atoms with van der Waals surface area (Å²) in [5.74, 6) is 1.28. The van der Waals surface area contributed by atoms with E-state index in [9.17, 15) is 0 Å². The number of nitrogens with zero attached hydrogens (tertiary/aromatic N) is 2. The number of hydrogen-bond donors (Lipinski definition) is 1. The molecule has 18 heavy (non-hydrogen) atoms. The fourth-order valence-corrected chi connectivity index (χ4v) is 2.51. The number of methoxy groups -OCH3 is 1. The third-order valence-electron chi connectivity index (χ3n) is 4.13. The molecule has 102 valence electrons. The molecular formula is C13H23N3O2. The Morgan fingerprint density at radius 3 is 2.56 bits per heavy atom. The smallest absolute Gasteiger partial charge is 0.234 e. The van der Waals surface area contributed by atoms with Crippen molar-refractivity contribution in [2.75, 3.05) is 13.7 Å². The maximum Gasteiger partial charge on any atom is 0.234 e. The molecule has 5 nitrogen and oxygen atoms in total. The van der Waals surface area contributed by atoms with Gasteiger partial charge in [-0.1, -0.05) is 24.4 Å². The zero-order chi connectivity index (χ0) is 13.2. The lowest BCUT2D eigenvalue weighted by Gasteiger charge is -2.32. The minimum Gasteiger partial charge on any atom is -0.371 e. The Morgan fingerprint density at radius 2 is 2.00 bits per heavy atom. The minimum absolute atomic E-state index is 0.118. The van der Waals surface area contributed by atoms with Gasteiger partial charge in [-0.05, 0) is 26.7 Å². The number of ether oxygens (including phenoxy) is 1. The van der Waals surface area contributed by atoms with Crippen molar-refractivity contribution in [2.45, 2.75) is 57.0 Å². The number of rotatable bonds is 4. The highest BCUT2D eigenvalue weighted by molar-refractivity contribution is 5.10. The number of aromatic nitrogens is 2. The molecule has 0 saturated heterocycles. The van der Waals surface area contributed by atoms with Crippen molar-refractivity contribution < 1.29 is 9.26 Å². The van der Waals surface area contributed by atoms with E-state index < -0.39 is 5.60 Å². The van der Waals surface area contributed by atoms with Crippen LogP contribution >= 0.6 is 0 Å². The second-order valence-electron chi connectivity index (χ2n) is 5.68. The molecule has 5 heteroatoms. The van der Waals surface area contributed by atoms with Crippen molar-refractivity contribution in [3.8, 4) is 0 Å². The highest BCUT2D eigenvalue weighted by Crippen LogP contribution is 2.38. The van der Waals surface area contributed by atoms with Crippen molar-refractivity contribution in [2.24, 2.45) is 5.73 Å². The summed E-state index contributed by atoms with van der Waals surface area (Å²) in [6, 6.07) is 0. The van der Waals surface area contributed by atoms with Gasteiger partial charge in [0.15, 0.2) is 0 Å². The Labute approximate surface area is 108 Å². The lowest BCUT2D eigenvalue weighted by atomic mass is 9.74. The van der Waals surface area contributed by atoms with Gasteiger partial charge in [-0.25, -0.2) is 0 Å². The maximum atomic E-state index is 5.96. The molecule has 0 aliphatic heterocycles. The fraction of sp³-hybridized carbons (Fsp3) is 0.846. The van der Waals surface area contributed by atoms with E-state index in [4.69, 9.17) is 15.0 Å². The lowest BCUT2D eigenvalue weighted by Crippen LogP contribution is -2.37. The summed E-state index contributed by atoms with van der Waals surface area (Å²) in [6.45, 7) is 4.43. The fourth-order valence-electron chi connectivity index (χ4n) is 2.51. The first kappa shape index (κ1) is 13.5. The molecule has 0 aromatic carbocycles. The molecule has 0 amide bonds. The molecule has 2 N–H and O–H groups in total. The molecule has 0 unspecified atom stereocenters. The Balaban J connectivity index is 2.28. The molecule has 1 aromatic heterocycles. The first-order valence-electron chi connectivity index (χ1n) is 6.64. The Morgan fingerprint density at radius 1 is 1.33 bits per heavy atom. The minimum atomic E-state index is -0.522. The summed E-state index contributed by atoms with van der Waals surface area (Å²) in [4.78, 5) is 4.54. The third-order valence-corrected chi connectivity index (χ3v) is 4.13. The van der Waals surface area contributed by atoms with Crippen molar-refractivity contribution in [3.05, 3.63) is 11.7 Å². The van der Waals surface area contributed by atoms with Gasteiger partial charge in [0, 0.05) is 13.7 Å². The molecule has 1 aromatic rings. The van der Waals surface area contributed by atoms with Crippen LogP contribution in [0.2, 0.25) is 0 Å². The first-order valence-corrected chi connectivity index (χ1v) is 6.64. The van der Waals surface area contributed by atoms with E-state index in [0.29, 0.717) is 18.3 Å². The molecule has 0 atom stereocenters. The molecule has 0 bridgehead atoms. The molecule has 2 rings (SSSR count). The van der Waals surface area contributed by atoms with E-state index in [1.54, 1.807) is 7.11 Å². The average molecular weight is 253 g/mol. The Kier molecular flexibility index (Phi) is 3.73. The van der Waals surface area contributed by atoms with Gasteiger partial charge in [0.2, 0.25) is 11.7 Å². The second-order valence-corrected chi connectivity index (χ2v) is 5.68. The summed E-state index contributed by atoms with van der Waals surface area (Å²) in [5.41, 5.74) is 5.32. The van der Waals surface area contributed by atoms with E-state index in [1.165, 1.54) is 19.3 Å². The Hall–Kier alpha value is -0.940. The largest absolute Gasteiger partial charge is 0.371 e. The van der Waals surface area contributed by atoms with Crippen LogP contribution in [0.15, 0.2) is 4.52 Å². The second kappa shape index (κ2) is 4.97. The van der Waals surface area contributed by atoms with Crippen LogP contribution in [0.1, 0.15) is 57.7 Å². The van der Waals surface area contributed by atoms with Crippen LogP contribution in [-0.4, -0.2) is 23.8 Å². The van der Waals surface area contributed by atoms with E-state index >= 15 is 0 Å². The molecule has 1 fully saturated rings. The summed E-state index contributed by atoms with van der Waals surface area (Å²) >= 11 is 0. The monoisotopic (exact) mass is 253 g/mol. The van der Waals surface area contributed by atoms with E-state index in [-0.39, 0.29) is 5.41 Å². The molecule has 0 radical (unpaired) electrons. The van der Waals surface area contributed by atoms with Crippen LogP contribution in [0, 0.1) is 0 Å². The van der Waals surface area contributed by atoms with Gasteiger partial charge in [-0.2, -0.15) is 4.98 Å².